The third-order valence-corrected chi connectivity index (χ3v) is 2.00. The number of rotatable bonds is 2. The van der Waals surface area contributed by atoms with Crippen LogP contribution < -0.4 is 5.73 Å². The Morgan fingerprint density at radius 3 is 2.71 bits per heavy atom. The average Bonchev–Trinajstić information content (AvgIpc) is 2.16. The maximum Gasteiger partial charge on any atom is 0.271 e. The minimum absolute atomic E-state index is 0.0459. The zero-order valence-corrected chi connectivity index (χ0v) is 7.78. The number of nitrogens with zero attached hydrogens (tertiary/aromatic N) is 2. The van der Waals surface area contributed by atoms with Crippen LogP contribution in [0.2, 0.25) is 5.02 Å². The fourth-order valence-corrected chi connectivity index (χ4v) is 1.31. The standard InChI is InChI=1S/C8H6ClN3O2/c9-8-2-6(12(13)14)1-5(3-10)7(8)4-11/h1-2H,3,10H2. The number of hydrogen-bond donors (Lipinski definition) is 1. The van der Waals surface area contributed by atoms with Crippen LogP contribution >= 0.6 is 11.6 Å². The molecule has 0 fully saturated rings. The number of halogens is 1. The van der Waals surface area contributed by atoms with Crippen molar-refractivity contribution >= 4 is 17.3 Å². The van der Waals surface area contributed by atoms with Gasteiger partial charge in [0.25, 0.3) is 5.69 Å². The summed E-state index contributed by atoms with van der Waals surface area (Å²) in [6.45, 7) is 0.0459. The molecule has 14 heavy (non-hydrogen) atoms. The van der Waals surface area contributed by atoms with Crippen molar-refractivity contribution in [3.63, 3.8) is 0 Å². The first kappa shape index (κ1) is 10.4. The molecular formula is C8H6ClN3O2. The van der Waals surface area contributed by atoms with E-state index in [1.54, 1.807) is 0 Å². The third-order valence-electron chi connectivity index (χ3n) is 1.70. The molecule has 72 valence electrons. The lowest BCUT2D eigenvalue weighted by atomic mass is 10.1. The summed E-state index contributed by atoms with van der Waals surface area (Å²) in [5, 5.41) is 19.2. The van der Waals surface area contributed by atoms with Crippen LogP contribution in [0.1, 0.15) is 11.1 Å². The lowest BCUT2D eigenvalue weighted by Gasteiger charge is -2.02. The van der Waals surface area contributed by atoms with Gasteiger partial charge in [0.2, 0.25) is 0 Å². The molecule has 0 atom stereocenters. The Bertz CT molecular complexity index is 425. The zero-order chi connectivity index (χ0) is 10.7. The van der Waals surface area contributed by atoms with E-state index in [-0.39, 0.29) is 22.8 Å². The molecule has 0 aromatic heterocycles. The maximum absolute atomic E-state index is 10.4. The normalized spacial score (nSPS) is 9.50. The van der Waals surface area contributed by atoms with Crippen molar-refractivity contribution < 1.29 is 4.92 Å². The molecule has 0 aliphatic heterocycles. The molecule has 1 aromatic rings. The molecule has 0 aliphatic rings. The molecule has 1 rings (SSSR count). The molecule has 0 aliphatic carbocycles. The van der Waals surface area contributed by atoms with Gasteiger partial charge in [0.1, 0.15) is 6.07 Å². The second-order valence-corrected chi connectivity index (χ2v) is 2.94. The lowest BCUT2D eigenvalue weighted by Crippen LogP contribution is -2.01. The van der Waals surface area contributed by atoms with Crippen molar-refractivity contribution in [2.75, 3.05) is 0 Å². The van der Waals surface area contributed by atoms with Gasteiger partial charge in [0.05, 0.1) is 15.5 Å². The number of nitro groups is 1. The molecule has 0 heterocycles. The molecule has 0 saturated carbocycles. The molecule has 2 N–H and O–H groups in total. The smallest absolute Gasteiger partial charge is 0.271 e. The maximum atomic E-state index is 10.4. The van der Waals surface area contributed by atoms with Crippen molar-refractivity contribution in [2.24, 2.45) is 5.73 Å². The Morgan fingerprint density at radius 2 is 2.29 bits per heavy atom. The molecule has 0 saturated heterocycles. The predicted octanol–water partition coefficient (Wildman–Crippen LogP) is 1.58. The van der Waals surface area contributed by atoms with E-state index in [2.05, 4.69) is 0 Å². The van der Waals surface area contributed by atoms with Crippen LogP contribution in [0, 0.1) is 21.4 Å². The van der Waals surface area contributed by atoms with Gasteiger partial charge in [-0.1, -0.05) is 11.6 Å². The first-order valence-corrected chi connectivity index (χ1v) is 4.05. The van der Waals surface area contributed by atoms with Gasteiger partial charge in [0, 0.05) is 18.7 Å². The van der Waals surface area contributed by atoms with Gasteiger partial charge in [-0.3, -0.25) is 10.1 Å². The largest absolute Gasteiger partial charge is 0.326 e. The molecule has 0 amide bonds. The zero-order valence-electron chi connectivity index (χ0n) is 7.03. The number of nitriles is 1. The second-order valence-electron chi connectivity index (χ2n) is 2.53. The Labute approximate surface area is 84.8 Å². The molecule has 0 unspecified atom stereocenters. The highest BCUT2D eigenvalue weighted by molar-refractivity contribution is 6.32. The summed E-state index contributed by atoms with van der Waals surface area (Å²) >= 11 is 5.68. The summed E-state index contributed by atoms with van der Waals surface area (Å²) in [4.78, 5) is 9.87. The van der Waals surface area contributed by atoms with Crippen LogP contribution in [-0.2, 0) is 6.54 Å². The van der Waals surface area contributed by atoms with Gasteiger partial charge in [-0.15, -0.1) is 0 Å². The van der Waals surface area contributed by atoms with Crippen LogP contribution in [0.15, 0.2) is 12.1 Å². The van der Waals surface area contributed by atoms with Gasteiger partial charge in [0.15, 0.2) is 0 Å². The number of nitro benzene ring substituents is 1. The van der Waals surface area contributed by atoms with Crippen molar-refractivity contribution in [1.82, 2.24) is 0 Å². The van der Waals surface area contributed by atoms with E-state index in [9.17, 15) is 10.1 Å². The Hall–Kier alpha value is -1.64. The topological polar surface area (TPSA) is 92.9 Å². The van der Waals surface area contributed by atoms with E-state index in [4.69, 9.17) is 22.6 Å². The molecule has 0 bridgehead atoms. The van der Waals surface area contributed by atoms with Crippen LogP contribution in [0.5, 0.6) is 0 Å². The Balaban J connectivity index is 3.40. The van der Waals surface area contributed by atoms with Gasteiger partial charge < -0.3 is 5.73 Å². The lowest BCUT2D eigenvalue weighted by molar-refractivity contribution is -0.384. The van der Waals surface area contributed by atoms with E-state index in [1.165, 1.54) is 6.07 Å². The summed E-state index contributed by atoms with van der Waals surface area (Å²) < 4.78 is 0. The summed E-state index contributed by atoms with van der Waals surface area (Å²) in [6.07, 6.45) is 0. The predicted molar refractivity (Wildman–Crippen MR) is 50.7 cm³/mol. The fraction of sp³-hybridized carbons (Fsp3) is 0.125. The van der Waals surface area contributed by atoms with E-state index in [0.717, 1.165) is 6.07 Å². The molecule has 0 radical (unpaired) electrons. The first-order valence-electron chi connectivity index (χ1n) is 3.67. The summed E-state index contributed by atoms with van der Waals surface area (Å²) in [5.74, 6) is 0. The van der Waals surface area contributed by atoms with E-state index in [0.29, 0.717) is 5.56 Å². The molecule has 1 aromatic carbocycles. The number of non-ortho nitro benzene ring substituents is 1. The first-order chi connectivity index (χ1) is 6.60. The van der Waals surface area contributed by atoms with Gasteiger partial charge in [-0.05, 0) is 5.56 Å². The van der Waals surface area contributed by atoms with Crippen LogP contribution in [0.25, 0.3) is 0 Å². The van der Waals surface area contributed by atoms with E-state index >= 15 is 0 Å². The monoisotopic (exact) mass is 211 g/mol. The van der Waals surface area contributed by atoms with Gasteiger partial charge >= 0.3 is 0 Å². The number of nitrogens with two attached hydrogens (primary N) is 1. The Morgan fingerprint density at radius 1 is 1.64 bits per heavy atom. The quantitative estimate of drug-likeness (QED) is 0.594. The van der Waals surface area contributed by atoms with Crippen molar-refractivity contribution in [1.29, 1.82) is 5.26 Å². The van der Waals surface area contributed by atoms with Crippen molar-refractivity contribution in [3.05, 3.63) is 38.4 Å². The van der Waals surface area contributed by atoms with Gasteiger partial charge in [-0.25, -0.2) is 0 Å². The highest BCUT2D eigenvalue weighted by Gasteiger charge is 2.14. The number of benzene rings is 1. The molecule has 6 heteroatoms. The van der Waals surface area contributed by atoms with Crippen LogP contribution in [0.4, 0.5) is 5.69 Å². The molecular weight excluding hydrogens is 206 g/mol. The highest BCUT2D eigenvalue weighted by atomic mass is 35.5. The molecule has 0 spiro atoms. The fourth-order valence-electron chi connectivity index (χ4n) is 1.04. The average molecular weight is 212 g/mol. The number of hydrogen-bond acceptors (Lipinski definition) is 4. The third kappa shape index (κ3) is 1.82. The minimum atomic E-state index is -0.577. The second kappa shape index (κ2) is 4.05. The van der Waals surface area contributed by atoms with Crippen molar-refractivity contribution in [3.8, 4) is 6.07 Å². The summed E-state index contributed by atoms with van der Waals surface area (Å²) in [7, 11) is 0. The summed E-state index contributed by atoms with van der Waals surface area (Å²) in [5.41, 5.74) is 5.75. The summed E-state index contributed by atoms with van der Waals surface area (Å²) in [6, 6.07) is 4.24. The minimum Gasteiger partial charge on any atom is -0.326 e. The SMILES string of the molecule is N#Cc1c(Cl)cc([N+](=O)[O-])cc1CN. The van der Waals surface area contributed by atoms with Gasteiger partial charge in [-0.2, -0.15) is 5.26 Å². The Kier molecular flexibility index (Phi) is 3.02. The van der Waals surface area contributed by atoms with Crippen molar-refractivity contribution in [2.45, 2.75) is 6.54 Å². The van der Waals surface area contributed by atoms with Crippen LogP contribution in [-0.4, -0.2) is 4.92 Å². The molecule has 5 nitrogen and oxygen atoms in total. The van der Waals surface area contributed by atoms with E-state index < -0.39 is 4.92 Å². The van der Waals surface area contributed by atoms with E-state index in [1.807, 2.05) is 6.07 Å². The highest BCUT2D eigenvalue weighted by Crippen LogP contribution is 2.25. The van der Waals surface area contributed by atoms with Crippen LogP contribution in [0.3, 0.4) is 0 Å².